The summed E-state index contributed by atoms with van der Waals surface area (Å²) < 4.78 is 28.7. The fraction of sp³-hybridized carbons (Fsp3) is 0.136. The van der Waals surface area contributed by atoms with Gasteiger partial charge >= 0.3 is 0 Å². The van der Waals surface area contributed by atoms with Crippen molar-refractivity contribution in [2.45, 2.75) is 25.7 Å². The number of nitrogens with one attached hydrogen (secondary N) is 2. The molecule has 0 aromatic heterocycles. The highest BCUT2D eigenvalue weighted by atomic mass is 32.2. The fourth-order valence-corrected chi connectivity index (χ4v) is 4.28. The molecule has 160 valence electrons. The van der Waals surface area contributed by atoms with Crippen LogP contribution in [0.4, 0.5) is 17.1 Å². The van der Waals surface area contributed by atoms with E-state index in [1.807, 2.05) is 44.2 Å². The first-order valence-electron chi connectivity index (χ1n) is 9.40. The third kappa shape index (κ3) is 5.26. The molecule has 31 heavy (non-hydrogen) atoms. The van der Waals surface area contributed by atoms with Crippen LogP contribution in [0.25, 0.3) is 0 Å². The fourth-order valence-electron chi connectivity index (χ4n) is 2.97. The summed E-state index contributed by atoms with van der Waals surface area (Å²) in [5.74, 6) is 0. The lowest BCUT2D eigenvalue weighted by molar-refractivity contribution is -0.385. The lowest BCUT2D eigenvalue weighted by atomic mass is 10.1. The van der Waals surface area contributed by atoms with E-state index in [1.54, 1.807) is 25.3 Å². The minimum absolute atomic E-state index is 0.118. The van der Waals surface area contributed by atoms with E-state index in [0.717, 1.165) is 28.3 Å². The SMILES string of the molecule is Cc1ccc(NS(=O)(=O)c2cc([N+](=O)[O-])ccc2NN=Cc2ccccc2C)c(C)c1. The molecule has 0 heterocycles. The molecule has 3 aromatic rings. The van der Waals surface area contributed by atoms with Crippen LogP contribution >= 0.6 is 0 Å². The van der Waals surface area contributed by atoms with Crippen molar-refractivity contribution in [3.63, 3.8) is 0 Å². The molecule has 2 N–H and O–H groups in total. The Hall–Kier alpha value is -3.72. The van der Waals surface area contributed by atoms with Gasteiger partial charge in [-0.2, -0.15) is 5.10 Å². The molecule has 0 aliphatic heterocycles. The van der Waals surface area contributed by atoms with Gasteiger partial charge in [0, 0.05) is 12.1 Å². The number of non-ortho nitro benzene ring substituents is 1. The minimum atomic E-state index is -4.13. The largest absolute Gasteiger partial charge is 0.279 e. The molecule has 0 aliphatic rings. The number of hydrogen-bond donors (Lipinski definition) is 2. The van der Waals surface area contributed by atoms with Crippen LogP contribution in [0.3, 0.4) is 0 Å². The van der Waals surface area contributed by atoms with Crippen LogP contribution < -0.4 is 10.1 Å². The summed E-state index contributed by atoms with van der Waals surface area (Å²) >= 11 is 0. The van der Waals surface area contributed by atoms with Gasteiger partial charge in [0.25, 0.3) is 15.7 Å². The number of aryl methyl sites for hydroxylation is 3. The van der Waals surface area contributed by atoms with Gasteiger partial charge < -0.3 is 0 Å². The third-order valence-corrected chi connectivity index (χ3v) is 6.07. The molecule has 0 amide bonds. The van der Waals surface area contributed by atoms with E-state index in [9.17, 15) is 18.5 Å². The topological polar surface area (TPSA) is 114 Å². The Kier molecular flexibility index (Phi) is 6.36. The maximum absolute atomic E-state index is 13.1. The van der Waals surface area contributed by atoms with Crippen LogP contribution in [-0.4, -0.2) is 19.6 Å². The van der Waals surface area contributed by atoms with E-state index in [0.29, 0.717) is 5.69 Å². The normalized spacial score (nSPS) is 11.5. The van der Waals surface area contributed by atoms with E-state index >= 15 is 0 Å². The second-order valence-corrected chi connectivity index (χ2v) is 8.74. The number of rotatable bonds is 7. The monoisotopic (exact) mass is 438 g/mol. The van der Waals surface area contributed by atoms with Crippen molar-refractivity contribution in [1.82, 2.24) is 0 Å². The molecule has 0 radical (unpaired) electrons. The van der Waals surface area contributed by atoms with Crippen molar-refractivity contribution in [2.75, 3.05) is 10.1 Å². The van der Waals surface area contributed by atoms with Gasteiger partial charge in [-0.05, 0) is 49.6 Å². The smallest absolute Gasteiger partial charge is 0.270 e. The molecule has 0 aliphatic carbocycles. The van der Waals surface area contributed by atoms with Gasteiger partial charge in [-0.25, -0.2) is 8.42 Å². The third-order valence-electron chi connectivity index (χ3n) is 4.67. The van der Waals surface area contributed by atoms with Crippen molar-refractivity contribution < 1.29 is 13.3 Å². The van der Waals surface area contributed by atoms with Crippen LogP contribution in [0.2, 0.25) is 0 Å². The molecule has 0 saturated heterocycles. The summed E-state index contributed by atoms with van der Waals surface area (Å²) in [5, 5.41) is 15.3. The Bertz CT molecular complexity index is 1270. The molecule has 3 rings (SSSR count). The number of sulfonamides is 1. The zero-order valence-corrected chi connectivity index (χ0v) is 18.1. The number of hydrogen-bond acceptors (Lipinski definition) is 6. The number of nitro groups is 1. The van der Waals surface area contributed by atoms with Crippen LogP contribution in [-0.2, 0) is 10.0 Å². The van der Waals surface area contributed by atoms with Gasteiger partial charge in [0.15, 0.2) is 0 Å². The van der Waals surface area contributed by atoms with Crippen LogP contribution in [0, 0.1) is 30.9 Å². The molecule has 9 heteroatoms. The summed E-state index contributed by atoms with van der Waals surface area (Å²) in [4.78, 5) is 10.3. The Balaban J connectivity index is 1.97. The molecule has 0 unspecified atom stereocenters. The summed E-state index contributed by atoms with van der Waals surface area (Å²) in [6, 6.07) is 16.4. The van der Waals surface area contributed by atoms with E-state index in [4.69, 9.17) is 0 Å². The minimum Gasteiger partial charge on any atom is -0.279 e. The van der Waals surface area contributed by atoms with Crippen molar-refractivity contribution in [2.24, 2.45) is 5.10 Å². The molecule has 0 atom stereocenters. The Labute approximate surface area is 180 Å². The van der Waals surface area contributed by atoms with Crippen LogP contribution in [0.1, 0.15) is 22.3 Å². The molecule has 0 spiro atoms. The first-order valence-corrected chi connectivity index (χ1v) is 10.9. The second kappa shape index (κ2) is 8.97. The Morgan fingerprint density at radius 2 is 1.65 bits per heavy atom. The quantitative estimate of drug-likeness (QED) is 0.313. The lowest BCUT2D eigenvalue weighted by Gasteiger charge is -2.14. The predicted molar refractivity (Wildman–Crippen MR) is 122 cm³/mol. The second-order valence-electron chi connectivity index (χ2n) is 7.09. The van der Waals surface area contributed by atoms with E-state index < -0.39 is 14.9 Å². The Morgan fingerprint density at radius 3 is 2.32 bits per heavy atom. The van der Waals surface area contributed by atoms with Crippen molar-refractivity contribution >= 4 is 33.3 Å². The first-order chi connectivity index (χ1) is 14.7. The molecule has 3 aromatic carbocycles. The van der Waals surface area contributed by atoms with Gasteiger partial charge in [0.05, 0.1) is 22.5 Å². The van der Waals surface area contributed by atoms with Crippen molar-refractivity contribution in [1.29, 1.82) is 0 Å². The van der Waals surface area contributed by atoms with Crippen LogP contribution in [0.15, 0.2) is 70.7 Å². The predicted octanol–water partition coefficient (Wildman–Crippen LogP) is 4.77. The van der Waals surface area contributed by atoms with Gasteiger partial charge in [-0.3, -0.25) is 20.3 Å². The van der Waals surface area contributed by atoms with Crippen molar-refractivity contribution in [3.05, 3.63) is 93.0 Å². The van der Waals surface area contributed by atoms with E-state index in [1.165, 1.54) is 12.1 Å². The lowest BCUT2D eigenvalue weighted by Crippen LogP contribution is -2.16. The van der Waals surface area contributed by atoms with E-state index in [-0.39, 0.29) is 16.3 Å². The highest BCUT2D eigenvalue weighted by molar-refractivity contribution is 7.92. The van der Waals surface area contributed by atoms with Crippen LogP contribution in [0.5, 0.6) is 0 Å². The number of nitro benzene ring substituents is 1. The highest BCUT2D eigenvalue weighted by Crippen LogP contribution is 2.29. The number of benzene rings is 3. The summed E-state index contributed by atoms with van der Waals surface area (Å²) in [7, 11) is -4.13. The van der Waals surface area contributed by atoms with Gasteiger partial charge in [0.1, 0.15) is 4.90 Å². The molecular formula is C22H22N4O4S. The zero-order chi connectivity index (χ0) is 22.6. The molecule has 8 nitrogen and oxygen atoms in total. The summed E-state index contributed by atoms with van der Waals surface area (Å²) in [6.07, 6.45) is 1.56. The Morgan fingerprint density at radius 1 is 0.935 bits per heavy atom. The standard InChI is InChI=1S/C22H22N4O4S/c1-15-8-10-20(17(3)12-15)25-31(29,30)22-13-19(26(27)28)9-11-21(22)24-23-14-18-7-5-4-6-16(18)2/h4-14,24-25H,1-3H3. The number of nitrogens with zero attached hydrogens (tertiary/aromatic N) is 2. The molecule has 0 bridgehead atoms. The summed E-state index contributed by atoms with van der Waals surface area (Å²) in [6.45, 7) is 5.61. The molecular weight excluding hydrogens is 416 g/mol. The highest BCUT2D eigenvalue weighted by Gasteiger charge is 2.23. The van der Waals surface area contributed by atoms with E-state index in [2.05, 4.69) is 15.2 Å². The van der Waals surface area contributed by atoms with Gasteiger partial charge in [-0.1, -0.05) is 42.0 Å². The molecule has 0 fully saturated rings. The summed E-state index contributed by atoms with van der Waals surface area (Å²) in [5.41, 5.74) is 6.46. The average molecular weight is 439 g/mol. The number of anilines is 2. The van der Waals surface area contributed by atoms with Crippen molar-refractivity contribution in [3.8, 4) is 0 Å². The maximum atomic E-state index is 13.1. The number of hydrazone groups is 1. The van der Waals surface area contributed by atoms with Gasteiger partial charge in [-0.15, -0.1) is 0 Å². The average Bonchev–Trinajstić information content (AvgIpc) is 2.71. The maximum Gasteiger partial charge on any atom is 0.270 e. The zero-order valence-electron chi connectivity index (χ0n) is 17.3. The molecule has 0 saturated carbocycles. The van der Waals surface area contributed by atoms with Gasteiger partial charge in [0.2, 0.25) is 0 Å². The first kappa shape index (κ1) is 22.0.